The van der Waals surface area contributed by atoms with Gasteiger partial charge in [-0.2, -0.15) is 0 Å². The molecule has 5 nitrogen and oxygen atoms in total. The number of hydrogen-bond donors (Lipinski definition) is 1. The average Bonchev–Trinajstić information content (AvgIpc) is 3.17. The van der Waals surface area contributed by atoms with Crippen molar-refractivity contribution in [3.8, 4) is 0 Å². The summed E-state index contributed by atoms with van der Waals surface area (Å²) in [6, 6.07) is 7.77. The molecule has 1 aromatic rings. The summed E-state index contributed by atoms with van der Waals surface area (Å²) in [4.78, 5) is 29.3. The van der Waals surface area contributed by atoms with Crippen molar-refractivity contribution in [3.05, 3.63) is 34.3 Å². The molecule has 1 heterocycles. The summed E-state index contributed by atoms with van der Waals surface area (Å²) in [5.41, 5.74) is 0.699. The van der Waals surface area contributed by atoms with Crippen molar-refractivity contribution >= 4 is 27.7 Å². The third kappa shape index (κ3) is 4.82. The van der Waals surface area contributed by atoms with E-state index in [1.807, 2.05) is 34.1 Å². The lowest BCUT2D eigenvalue weighted by Gasteiger charge is -2.31. The minimum absolute atomic E-state index is 0.0486. The Labute approximate surface area is 157 Å². The molecule has 0 bridgehead atoms. The maximum atomic E-state index is 13.0. The highest BCUT2D eigenvalue weighted by Crippen LogP contribution is 2.25. The summed E-state index contributed by atoms with van der Waals surface area (Å²) >= 11 is 3.41. The Morgan fingerprint density at radius 3 is 2.40 bits per heavy atom. The van der Waals surface area contributed by atoms with Crippen molar-refractivity contribution in [3.63, 3.8) is 0 Å². The molecule has 0 atom stereocenters. The zero-order valence-corrected chi connectivity index (χ0v) is 16.1. The molecule has 0 unspecified atom stereocenters. The zero-order chi connectivity index (χ0) is 17.6. The topological polar surface area (TPSA) is 52.7 Å². The largest absolute Gasteiger partial charge is 0.340 e. The quantitative estimate of drug-likeness (QED) is 0.815. The van der Waals surface area contributed by atoms with Crippen molar-refractivity contribution < 1.29 is 9.59 Å². The molecule has 1 aliphatic heterocycles. The number of nitrogens with zero attached hydrogens (tertiary/aromatic N) is 2. The predicted molar refractivity (Wildman–Crippen MR) is 102 cm³/mol. The molecular formula is C19H26BrN3O2. The second-order valence-electron chi connectivity index (χ2n) is 6.82. The molecule has 0 spiro atoms. The van der Waals surface area contributed by atoms with Gasteiger partial charge in [0.1, 0.15) is 0 Å². The van der Waals surface area contributed by atoms with Crippen LogP contribution in [0.4, 0.5) is 0 Å². The fourth-order valence-electron chi connectivity index (χ4n) is 3.71. The molecule has 2 fully saturated rings. The first-order chi connectivity index (χ1) is 12.1. The molecule has 2 aliphatic rings. The van der Waals surface area contributed by atoms with E-state index >= 15 is 0 Å². The molecule has 1 aromatic carbocycles. The van der Waals surface area contributed by atoms with E-state index in [1.165, 1.54) is 12.8 Å². The van der Waals surface area contributed by atoms with E-state index in [-0.39, 0.29) is 17.9 Å². The van der Waals surface area contributed by atoms with Gasteiger partial charge in [-0.15, -0.1) is 0 Å². The van der Waals surface area contributed by atoms with Gasteiger partial charge in [0.15, 0.2) is 0 Å². The highest BCUT2D eigenvalue weighted by molar-refractivity contribution is 9.10. The maximum absolute atomic E-state index is 13.0. The Bertz CT molecular complexity index is 593. The second kappa shape index (κ2) is 8.81. The molecule has 6 heteroatoms. The third-order valence-electron chi connectivity index (χ3n) is 5.15. The summed E-state index contributed by atoms with van der Waals surface area (Å²) in [6.07, 6.45) is 4.84. The minimum Gasteiger partial charge on any atom is -0.340 e. The summed E-state index contributed by atoms with van der Waals surface area (Å²) in [6.45, 7) is 3.76. The summed E-state index contributed by atoms with van der Waals surface area (Å²) < 4.78 is 0.963. The van der Waals surface area contributed by atoms with Crippen LogP contribution in [-0.2, 0) is 4.79 Å². The highest BCUT2D eigenvalue weighted by atomic mass is 79.9. The molecule has 1 N–H and O–H groups in total. The molecule has 0 aromatic heterocycles. The molecular weight excluding hydrogens is 382 g/mol. The molecule has 3 rings (SSSR count). The van der Waals surface area contributed by atoms with Crippen molar-refractivity contribution in [1.82, 2.24) is 15.1 Å². The number of halogens is 1. The lowest BCUT2D eigenvalue weighted by atomic mass is 10.1. The van der Waals surface area contributed by atoms with Crippen LogP contribution in [-0.4, -0.2) is 60.4 Å². The van der Waals surface area contributed by atoms with E-state index in [1.54, 1.807) is 0 Å². The number of carbonyl (C=O) groups is 2. The van der Waals surface area contributed by atoms with Crippen LogP contribution in [0.5, 0.6) is 0 Å². The van der Waals surface area contributed by atoms with E-state index in [2.05, 4.69) is 21.2 Å². The van der Waals surface area contributed by atoms with Crippen LogP contribution in [0.2, 0.25) is 0 Å². The number of hydrogen-bond acceptors (Lipinski definition) is 3. The Kier molecular flexibility index (Phi) is 6.48. The molecule has 1 saturated heterocycles. The molecule has 1 saturated carbocycles. The third-order valence-corrected chi connectivity index (χ3v) is 5.68. The van der Waals surface area contributed by atoms with Gasteiger partial charge in [0.05, 0.1) is 0 Å². The number of nitrogens with one attached hydrogen (secondary N) is 1. The van der Waals surface area contributed by atoms with Gasteiger partial charge in [0.2, 0.25) is 5.91 Å². The van der Waals surface area contributed by atoms with Crippen molar-refractivity contribution in [1.29, 1.82) is 0 Å². The average molecular weight is 408 g/mol. The van der Waals surface area contributed by atoms with E-state index in [0.29, 0.717) is 18.5 Å². The fraction of sp³-hybridized carbons (Fsp3) is 0.579. The van der Waals surface area contributed by atoms with E-state index < -0.39 is 0 Å². The van der Waals surface area contributed by atoms with Crippen molar-refractivity contribution in [2.75, 3.05) is 32.7 Å². The van der Waals surface area contributed by atoms with Gasteiger partial charge in [0.25, 0.3) is 5.91 Å². The Morgan fingerprint density at radius 2 is 1.76 bits per heavy atom. The Morgan fingerprint density at radius 1 is 1.12 bits per heavy atom. The van der Waals surface area contributed by atoms with Gasteiger partial charge in [-0.05, 0) is 37.1 Å². The summed E-state index contributed by atoms with van der Waals surface area (Å²) in [7, 11) is 0. The molecule has 0 radical (unpaired) electrons. The normalized spacial score (nSPS) is 18.4. The van der Waals surface area contributed by atoms with Gasteiger partial charge in [-0.25, -0.2) is 0 Å². The minimum atomic E-state index is 0.0486. The summed E-state index contributed by atoms with van der Waals surface area (Å²) in [5, 5.41) is 3.26. The van der Waals surface area contributed by atoms with Crippen LogP contribution in [0.3, 0.4) is 0 Å². The second-order valence-corrected chi connectivity index (χ2v) is 7.74. The summed E-state index contributed by atoms with van der Waals surface area (Å²) in [5.74, 6) is 0.209. The first-order valence-electron chi connectivity index (χ1n) is 9.20. The first kappa shape index (κ1) is 18.4. The molecule has 25 heavy (non-hydrogen) atoms. The molecule has 2 amide bonds. The van der Waals surface area contributed by atoms with Crippen LogP contribution in [0.1, 0.15) is 42.5 Å². The van der Waals surface area contributed by atoms with Gasteiger partial charge in [-0.3, -0.25) is 9.59 Å². The zero-order valence-electron chi connectivity index (χ0n) is 14.5. The van der Waals surface area contributed by atoms with Crippen LogP contribution < -0.4 is 5.32 Å². The van der Waals surface area contributed by atoms with Crippen LogP contribution in [0.15, 0.2) is 28.7 Å². The fourth-order valence-corrected chi connectivity index (χ4v) is 3.98. The van der Waals surface area contributed by atoms with Gasteiger partial charge in [0, 0.05) is 55.2 Å². The molecule has 136 valence electrons. The smallest absolute Gasteiger partial charge is 0.254 e. The van der Waals surface area contributed by atoms with Crippen molar-refractivity contribution in [2.45, 2.75) is 38.1 Å². The van der Waals surface area contributed by atoms with E-state index in [9.17, 15) is 9.59 Å². The number of rotatable bonds is 5. The van der Waals surface area contributed by atoms with Crippen LogP contribution in [0.25, 0.3) is 0 Å². The number of amides is 2. The Hall–Kier alpha value is -1.40. The Balaban J connectivity index is 1.65. The van der Waals surface area contributed by atoms with E-state index in [0.717, 1.165) is 43.5 Å². The number of carbonyl (C=O) groups excluding carboxylic acids is 2. The monoisotopic (exact) mass is 407 g/mol. The highest BCUT2D eigenvalue weighted by Gasteiger charge is 2.28. The lowest BCUT2D eigenvalue weighted by Crippen LogP contribution is -2.48. The van der Waals surface area contributed by atoms with Gasteiger partial charge >= 0.3 is 0 Å². The lowest BCUT2D eigenvalue weighted by molar-refractivity contribution is -0.132. The number of benzene rings is 1. The first-order valence-corrected chi connectivity index (χ1v) is 9.99. The maximum Gasteiger partial charge on any atom is 0.254 e. The van der Waals surface area contributed by atoms with E-state index in [4.69, 9.17) is 0 Å². The van der Waals surface area contributed by atoms with Gasteiger partial charge < -0.3 is 15.1 Å². The molecule has 1 aliphatic carbocycles. The standard InChI is InChI=1S/C19H26BrN3O2/c20-16-7-5-15(6-8-16)19(25)23(17-3-1-2-4-17)12-9-18(24)22-13-10-21-11-14-22/h5-8,17,21H,1-4,9-14H2. The number of piperazine rings is 1. The van der Waals surface area contributed by atoms with Gasteiger partial charge in [-0.1, -0.05) is 28.8 Å². The SMILES string of the molecule is O=C(CCN(C(=O)c1ccc(Br)cc1)C1CCCC1)N1CCNCC1. The predicted octanol–water partition coefficient (Wildman–Crippen LogP) is 2.66. The van der Waals surface area contributed by atoms with Crippen LogP contribution in [0, 0.1) is 0 Å². The van der Waals surface area contributed by atoms with Crippen LogP contribution >= 0.6 is 15.9 Å². The van der Waals surface area contributed by atoms with Crippen molar-refractivity contribution in [2.24, 2.45) is 0 Å².